The Morgan fingerprint density at radius 1 is 1.41 bits per heavy atom. The SMILES string of the molecule is CCNC(=NCC1CCCC1O)NC1CC1C. The van der Waals surface area contributed by atoms with E-state index in [-0.39, 0.29) is 6.10 Å². The van der Waals surface area contributed by atoms with Gasteiger partial charge in [0.25, 0.3) is 0 Å². The van der Waals surface area contributed by atoms with Crippen molar-refractivity contribution in [3.8, 4) is 0 Å². The van der Waals surface area contributed by atoms with Gasteiger partial charge in [-0.2, -0.15) is 0 Å². The molecular formula is C13H25N3O. The molecule has 0 aromatic rings. The van der Waals surface area contributed by atoms with E-state index in [0.717, 1.165) is 44.2 Å². The minimum atomic E-state index is -0.138. The van der Waals surface area contributed by atoms with Crippen LogP contribution >= 0.6 is 0 Å². The van der Waals surface area contributed by atoms with E-state index in [0.29, 0.717) is 12.0 Å². The minimum Gasteiger partial charge on any atom is -0.393 e. The van der Waals surface area contributed by atoms with Crippen molar-refractivity contribution < 1.29 is 5.11 Å². The number of rotatable bonds is 4. The molecule has 0 aromatic heterocycles. The van der Waals surface area contributed by atoms with Gasteiger partial charge in [-0.15, -0.1) is 0 Å². The molecule has 0 amide bonds. The maximum atomic E-state index is 9.76. The van der Waals surface area contributed by atoms with E-state index in [4.69, 9.17) is 0 Å². The van der Waals surface area contributed by atoms with Crippen molar-refractivity contribution in [3.63, 3.8) is 0 Å². The van der Waals surface area contributed by atoms with Gasteiger partial charge in [0.15, 0.2) is 5.96 Å². The van der Waals surface area contributed by atoms with Crippen molar-refractivity contribution >= 4 is 5.96 Å². The average molecular weight is 239 g/mol. The van der Waals surface area contributed by atoms with Crippen LogP contribution < -0.4 is 10.6 Å². The quantitative estimate of drug-likeness (QED) is 0.509. The number of guanidine groups is 1. The first-order chi connectivity index (χ1) is 8.20. The Kier molecular flexibility index (Phi) is 4.26. The van der Waals surface area contributed by atoms with Crippen LogP contribution in [0.5, 0.6) is 0 Å². The van der Waals surface area contributed by atoms with E-state index in [2.05, 4.69) is 29.5 Å². The molecule has 0 saturated heterocycles. The summed E-state index contributed by atoms with van der Waals surface area (Å²) in [5, 5.41) is 16.5. The summed E-state index contributed by atoms with van der Waals surface area (Å²) in [5.41, 5.74) is 0. The van der Waals surface area contributed by atoms with E-state index in [1.807, 2.05) is 0 Å². The number of aliphatic hydroxyl groups excluding tert-OH is 1. The van der Waals surface area contributed by atoms with Gasteiger partial charge in [-0.1, -0.05) is 13.3 Å². The van der Waals surface area contributed by atoms with Crippen LogP contribution in [0.1, 0.15) is 39.5 Å². The van der Waals surface area contributed by atoms with Crippen LogP contribution in [0.4, 0.5) is 0 Å². The Morgan fingerprint density at radius 2 is 2.18 bits per heavy atom. The maximum Gasteiger partial charge on any atom is 0.191 e. The second kappa shape index (κ2) is 5.71. The van der Waals surface area contributed by atoms with Crippen molar-refractivity contribution in [2.24, 2.45) is 16.8 Å². The lowest BCUT2D eigenvalue weighted by Crippen LogP contribution is -2.39. The summed E-state index contributed by atoms with van der Waals surface area (Å²) in [6.07, 6.45) is 4.32. The van der Waals surface area contributed by atoms with Crippen LogP contribution in [0.15, 0.2) is 4.99 Å². The number of aliphatic hydroxyl groups is 1. The summed E-state index contributed by atoms with van der Waals surface area (Å²) in [6, 6.07) is 0.598. The Hall–Kier alpha value is -0.770. The Bertz CT molecular complexity index is 280. The van der Waals surface area contributed by atoms with E-state index < -0.39 is 0 Å². The molecule has 98 valence electrons. The van der Waals surface area contributed by atoms with Gasteiger partial charge in [-0.3, -0.25) is 4.99 Å². The lowest BCUT2D eigenvalue weighted by atomic mass is 10.1. The van der Waals surface area contributed by atoms with E-state index >= 15 is 0 Å². The summed E-state index contributed by atoms with van der Waals surface area (Å²) < 4.78 is 0. The smallest absolute Gasteiger partial charge is 0.191 e. The van der Waals surface area contributed by atoms with Crippen LogP contribution in [-0.4, -0.2) is 36.3 Å². The van der Waals surface area contributed by atoms with Crippen molar-refractivity contribution in [2.75, 3.05) is 13.1 Å². The lowest BCUT2D eigenvalue weighted by Gasteiger charge is -2.14. The van der Waals surface area contributed by atoms with Crippen molar-refractivity contribution in [2.45, 2.75) is 51.7 Å². The first-order valence-corrected chi connectivity index (χ1v) is 6.93. The van der Waals surface area contributed by atoms with Gasteiger partial charge >= 0.3 is 0 Å². The monoisotopic (exact) mass is 239 g/mol. The molecule has 2 saturated carbocycles. The summed E-state index contributed by atoms with van der Waals surface area (Å²) in [6.45, 7) is 5.97. The van der Waals surface area contributed by atoms with Gasteiger partial charge in [-0.05, 0) is 32.1 Å². The number of hydrogen-bond acceptors (Lipinski definition) is 2. The highest BCUT2D eigenvalue weighted by Crippen LogP contribution is 2.29. The molecule has 0 aliphatic heterocycles. The molecule has 2 aliphatic carbocycles. The van der Waals surface area contributed by atoms with E-state index in [1.165, 1.54) is 6.42 Å². The molecule has 0 aromatic carbocycles. The number of aliphatic imine (C=N–C) groups is 1. The molecule has 0 bridgehead atoms. The highest BCUT2D eigenvalue weighted by atomic mass is 16.3. The molecular weight excluding hydrogens is 214 g/mol. The first kappa shape index (κ1) is 12.7. The van der Waals surface area contributed by atoms with Gasteiger partial charge < -0.3 is 15.7 Å². The molecule has 0 spiro atoms. The molecule has 17 heavy (non-hydrogen) atoms. The molecule has 4 heteroatoms. The third kappa shape index (κ3) is 3.60. The third-order valence-corrected chi connectivity index (χ3v) is 3.88. The van der Waals surface area contributed by atoms with Crippen molar-refractivity contribution in [3.05, 3.63) is 0 Å². The molecule has 3 N–H and O–H groups in total. The van der Waals surface area contributed by atoms with Crippen LogP contribution in [0, 0.1) is 11.8 Å². The summed E-state index contributed by atoms with van der Waals surface area (Å²) >= 11 is 0. The van der Waals surface area contributed by atoms with Crippen molar-refractivity contribution in [1.29, 1.82) is 0 Å². The predicted octanol–water partition coefficient (Wildman–Crippen LogP) is 1.11. The molecule has 4 unspecified atom stereocenters. The van der Waals surface area contributed by atoms with Gasteiger partial charge in [0.05, 0.1) is 6.10 Å². The molecule has 2 fully saturated rings. The fourth-order valence-corrected chi connectivity index (χ4v) is 2.46. The number of nitrogens with zero attached hydrogens (tertiary/aromatic N) is 1. The lowest BCUT2D eigenvalue weighted by molar-refractivity contribution is 0.136. The predicted molar refractivity (Wildman–Crippen MR) is 70.0 cm³/mol. The van der Waals surface area contributed by atoms with Gasteiger partial charge in [0, 0.05) is 25.0 Å². The largest absolute Gasteiger partial charge is 0.393 e. The zero-order valence-corrected chi connectivity index (χ0v) is 10.9. The summed E-state index contributed by atoms with van der Waals surface area (Å²) in [7, 11) is 0. The minimum absolute atomic E-state index is 0.138. The Balaban J connectivity index is 1.81. The third-order valence-electron chi connectivity index (χ3n) is 3.88. The maximum absolute atomic E-state index is 9.76. The topological polar surface area (TPSA) is 56.7 Å². The first-order valence-electron chi connectivity index (χ1n) is 6.93. The highest BCUT2D eigenvalue weighted by Gasteiger charge is 2.33. The normalized spacial score (nSPS) is 37.0. The van der Waals surface area contributed by atoms with E-state index in [9.17, 15) is 5.11 Å². The molecule has 0 radical (unpaired) electrons. The molecule has 4 nitrogen and oxygen atoms in total. The van der Waals surface area contributed by atoms with E-state index in [1.54, 1.807) is 0 Å². The zero-order valence-electron chi connectivity index (χ0n) is 10.9. The summed E-state index contributed by atoms with van der Waals surface area (Å²) in [5.74, 6) is 2.05. The van der Waals surface area contributed by atoms with Crippen molar-refractivity contribution in [1.82, 2.24) is 10.6 Å². The Morgan fingerprint density at radius 3 is 2.71 bits per heavy atom. The molecule has 2 rings (SSSR count). The fourth-order valence-electron chi connectivity index (χ4n) is 2.46. The number of hydrogen-bond donors (Lipinski definition) is 3. The van der Waals surface area contributed by atoms with Gasteiger partial charge in [0.1, 0.15) is 0 Å². The van der Waals surface area contributed by atoms with Crippen LogP contribution in [0.25, 0.3) is 0 Å². The van der Waals surface area contributed by atoms with Crippen LogP contribution in [-0.2, 0) is 0 Å². The Labute approximate surface area is 104 Å². The second-order valence-electron chi connectivity index (χ2n) is 5.44. The molecule has 4 atom stereocenters. The fraction of sp³-hybridized carbons (Fsp3) is 0.923. The highest BCUT2D eigenvalue weighted by molar-refractivity contribution is 5.80. The molecule has 0 heterocycles. The van der Waals surface area contributed by atoms with Crippen LogP contribution in [0.2, 0.25) is 0 Å². The number of nitrogens with one attached hydrogen (secondary N) is 2. The van der Waals surface area contributed by atoms with Gasteiger partial charge in [0.2, 0.25) is 0 Å². The average Bonchev–Trinajstić information content (AvgIpc) is 2.83. The zero-order chi connectivity index (χ0) is 12.3. The molecule has 2 aliphatic rings. The standard InChI is InChI=1S/C13H25N3O/c1-3-14-13(16-11-7-9(11)2)15-8-10-5-4-6-12(10)17/h9-12,17H,3-8H2,1-2H3,(H2,14,15,16). The van der Waals surface area contributed by atoms with Gasteiger partial charge in [-0.25, -0.2) is 0 Å². The summed E-state index contributed by atoms with van der Waals surface area (Å²) in [4.78, 5) is 4.59. The second-order valence-corrected chi connectivity index (χ2v) is 5.44. The van der Waals surface area contributed by atoms with Crippen LogP contribution in [0.3, 0.4) is 0 Å².